The molecule has 16 heavy (non-hydrogen) atoms. The van der Waals surface area contributed by atoms with Crippen molar-refractivity contribution < 1.29 is 4.74 Å². The molecule has 0 atom stereocenters. The van der Waals surface area contributed by atoms with Gasteiger partial charge < -0.3 is 4.74 Å². The number of aryl methyl sites for hydroxylation is 1. The van der Waals surface area contributed by atoms with Gasteiger partial charge in [-0.3, -0.25) is 4.68 Å². The maximum Gasteiger partial charge on any atom is 0.118 e. The topological polar surface area (TPSA) is 27.1 Å². The highest BCUT2D eigenvalue weighted by molar-refractivity contribution is 5.67. The van der Waals surface area contributed by atoms with Crippen molar-refractivity contribution in [2.45, 2.75) is 0 Å². The van der Waals surface area contributed by atoms with E-state index in [-0.39, 0.29) is 0 Å². The molecule has 3 heteroatoms. The molecule has 0 aliphatic heterocycles. The third kappa shape index (κ3) is 1.84. The first kappa shape index (κ1) is 10.5. The molecule has 1 aromatic carbocycles. The van der Waals surface area contributed by atoms with Crippen LogP contribution < -0.4 is 4.74 Å². The van der Waals surface area contributed by atoms with Crippen LogP contribution in [0.25, 0.3) is 11.1 Å². The van der Waals surface area contributed by atoms with Crippen molar-refractivity contribution in [3.8, 4) is 16.9 Å². The third-order valence-corrected chi connectivity index (χ3v) is 2.45. The number of hydrogen-bond donors (Lipinski definition) is 0. The molecule has 82 valence electrons. The highest BCUT2D eigenvalue weighted by atomic mass is 16.5. The minimum Gasteiger partial charge on any atom is -0.497 e. The van der Waals surface area contributed by atoms with Crippen molar-refractivity contribution in [3.63, 3.8) is 0 Å². The Hall–Kier alpha value is -2.03. The molecule has 1 aromatic heterocycles. The van der Waals surface area contributed by atoms with E-state index in [1.807, 2.05) is 37.5 Å². The van der Waals surface area contributed by atoms with Gasteiger partial charge in [0.05, 0.1) is 7.11 Å². The van der Waals surface area contributed by atoms with Crippen LogP contribution in [0.15, 0.2) is 30.5 Å². The third-order valence-electron chi connectivity index (χ3n) is 2.45. The summed E-state index contributed by atoms with van der Waals surface area (Å²) in [7, 11) is 3.56. The van der Waals surface area contributed by atoms with Gasteiger partial charge in [0.1, 0.15) is 5.75 Å². The first-order chi connectivity index (χ1) is 7.74. The van der Waals surface area contributed by atoms with Crippen LogP contribution in [0.3, 0.4) is 0 Å². The number of rotatable bonds is 3. The standard InChI is InChI=1S/C13H14N2O/c1-4-13-12(9-15(2)14-13)10-5-7-11(16-3)8-6-10/h4-9H,1H2,2-3H3. The molecular weight excluding hydrogens is 200 g/mol. The Kier molecular flexibility index (Phi) is 2.77. The van der Waals surface area contributed by atoms with E-state index in [2.05, 4.69) is 12.0 Å². The molecule has 2 aromatic rings. The van der Waals surface area contributed by atoms with Crippen LogP contribution in [0, 0.1) is 13.3 Å². The lowest BCUT2D eigenvalue weighted by Gasteiger charge is -2.08. The van der Waals surface area contributed by atoms with E-state index in [0.717, 1.165) is 22.6 Å². The lowest BCUT2D eigenvalue weighted by atomic mass is 10.1. The molecule has 3 nitrogen and oxygen atoms in total. The Morgan fingerprint density at radius 2 is 2.00 bits per heavy atom. The molecule has 2 rings (SSSR count). The molecule has 1 heterocycles. The molecule has 0 bridgehead atoms. The normalized spacial score (nSPS) is 10.1. The van der Waals surface area contributed by atoms with Gasteiger partial charge >= 0.3 is 0 Å². The number of hydrogen-bond acceptors (Lipinski definition) is 2. The molecule has 0 fully saturated rings. The molecule has 0 saturated carbocycles. The summed E-state index contributed by atoms with van der Waals surface area (Å²) in [6.45, 7) is 3.76. The van der Waals surface area contributed by atoms with Crippen LogP contribution in [0.5, 0.6) is 5.75 Å². The lowest BCUT2D eigenvalue weighted by molar-refractivity contribution is 0.415. The smallest absolute Gasteiger partial charge is 0.118 e. The number of ether oxygens (including phenoxy) is 1. The van der Waals surface area contributed by atoms with Gasteiger partial charge in [-0.15, -0.1) is 5.56 Å². The molecule has 0 saturated heterocycles. The first-order valence-electron chi connectivity index (χ1n) is 5.05. The number of benzene rings is 1. The van der Waals surface area contributed by atoms with Crippen molar-refractivity contribution in [3.05, 3.63) is 49.5 Å². The lowest BCUT2D eigenvalue weighted by Crippen LogP contribution is -1.88. The molecule has 0 amide bonds. The van der Waals surface area contributed by atoms with E-state index in [4.69, 9.17) is 4.74 Å². The van der Waals surface area contributed by atoms with Gasteiger partial charge in [0, 0.05) is 14.0 Å². The monoisotopic (exact) mass is 214 g/mol. The zero-order chi connectivity index (χ0) is 11.5. The Balaban J connectivity index is 2.41. The predicted molar refractivity (Wildman–Crippen MR) is 64.0 cm³/mol. The van der Waals surface area contributed by atoms with E-state index >= 15 is 0 Å². The molecule has 0 unspecified atom stereocenters. The second kappa shape index (κ2) is 4.23. The van der Waals surface area contributed by atoms with Gasteiger partial charge in [-0.2, -0.15) is 0 Å². The van der Waals surface area contributed by atoms with E-state index < -0.39 is 0 Å². The van der Waals surface area contributed by atoms with Crippen LogP contribution in [0.1, 0.15) is 5.69 Å². The molecule has 0 radical (unpaired) electrons. The van der Waals surface area contributed by atoms with Crippen molar-refractivity contribution >= 4 is 0 Å². The zero-order valence-corrected chi connectivity index (χ0v) is 9.47. The van der Waals surface area contributed by atoms with E-state index in [1.165, 1.54) is 0 Å². The maximum atomic E-state index is 5.13. The van der Waals surface area contributed by atoms with Crippen LogP contribution >= 0.6 is 0 Å². The summed E-state index contributed by atoms with van der Waals surface area (Å²) in [5, 5.41) is 4.32. The highest BCUT2D eigenvalue weighted by Crippen LogP contribution is 2.25. The van der Waals surface area contributed by atoms with Gasteiger partial charge in [-0.1, -0.05) is 17.7 Å². The Morgan fingerprint density at radius 1 is 1.31 bits per heavy atom. The summed E-state index contributed by atoms with van der Waals surface area (Å²) >= 11 is 0. The average Bonchev–Trinajstić information content (AvgIpc) is 2.70. The maximum absolute atomic E-state index is 5.13. The summed E-state index contributed by atoms with van der Waals surface area (Å²) in [5.41, 5.74) is 3.09. The molecule has 0 aliphatic carbocycles. The van der Waals surface area contributed by atoms with E-state index in [1.54, 1.807) is 18.2 Å². The molecule has 0 N–H and O–H groups in total. The summed E-state index contributed by atoms with van der Waals surface area (Å²) in [4.78, 5) is 0. The molecular formula is C13H14N2O. The van der Waals surface area contributed by atoms with Crippen LogP contribution in [-0.2, 0) is 7.05 Å². The van der Waals surface area contributed by atoms with Gasteiger partial charge in [0.25, 0.3) is 0 Å². The number of aromatic nitrogens is 2. The molecule has 0 aliphatic rings. The molecule has 0 spiro atoms. The predicted octanol–water partition coefficient (Wildman–Crippen LogP) is 2.48. The summed E-state index contributed by atoms with van der Waals surface area (Å²) in [5.74, 6) is 0.854. The SMILES string of the molecule is [CH2+][CH-]c1nn(C)cc1-c1ccc(OC)cc1. The number of nitrogens with zero attached hydrogens (tertiary/aromatic N) is 2. The van der Waals surface area contributed by atoms with Crippen LogP contribution in [0.2, 0.25) is 0 Å². The zero-order valence-electron chi connectivity index (χ0n) is 9.47. The highest BCUT2D eigenvalue weighted by Gasteiger charge is 2.01. The fourth-order valence-electron chi connectivity index (χ4n) is 1.65. The van der Waals surface area contributed by atoms with Crippen LogP contribution in [-0.4, -0.2) is 16.9 Å². The summed E-state index contributed by atoms with van der Waals surface area (Å²) < 4.78 is 6.91. The second-order valence-corrected chi connectivity index (χ2v) is 3.53. The minimum absolute atomic E-state index is 0.854. The van der Waals surface area contributed by atoms with Crippen molar-refractivity contribution in [2.75, 3.05) is 7.11 Å². The Bertz CT molecular complexity index is 471. The summed E-state index contributed by atoms with van der Waals surface area (Å²) in [6, 6.07) is 7.91. The average molecular weight is 214 g/mol. The fourth-order valence-corrected chi connectivity index (χ4v) is 1.65. The van der Waals surface area contributed by atoms with Crippen molar-refractivity contribution in [1.82, 2.24) is 9.78 Å². The Labute approximate surface area is 95.7 Å². The van der Waals surface area contributed by atoms with Gasteiger partial charge in [-0.25, -0.2) is 5.10 Å². The van der Waals surface area contributed by atoms with Crippen LogP contribution in [0.4, 0.5) is 0 Å². The van der Waals surface area contributed by atoms with Crippen molar-refractivity contribution in [2.24, 2.45) is 7.05 Å². The van der Waals surface area contributed by atoms with Gasteiger partial charge in [0.15, 0.2) is 0 Å². The quantitative estimate of drug-likeness (QED) is 0.734. The number of methoxy groups -OCH3 is 1. The Morgan fingerprint density at radius 3 is 2.56 bits per heavy atom. The van der Waals surface area contributed by atoms with Gasteiger partial charge in [-0.05, 0) is 30.4 Å². The van der Waals surface area contributed by atoms with E-state index in [9.17, 15) is 0 Å². The summed E-state index contributed by atoms with van der Waals surface area (Å²) in [6.07, 6.45) is 3.75. The van der Waals surface area contributed by atoms with Crippen molar-refractivity contribution in [1.29, 1.82) is 0 Å². The largest absolute Gasteiger partial charge is 0.497 e. The fraction of sp³-hybridized carbons (Fsp3) is 0.154. The first-order valence-corrected chi connectivity index (χ1v) is 5.05. The minimum atomic E-state index is 0.854. The van der Waals surface area contributed by atoms with E-state index in [0.29, 0.717) is 0 Å². The van der Waals surface area contributed by atoms with Gasteiger partial charge in [0.2, 0.25) is 0 Å². The second-order valence-electron chi connectivity index (χ2n) is 3.53.